The molecule has 0 aliphatic carbocycles. The van der Waals surface area contributed by atoms with Crippen LogP contribution in [0.2, 0.25) is 0 Å². The normalized spacial score (nSPS) is 21.9. The van der Waals surface area contributed by atoms with E-state index in [4.69, 9.17) is 5.11 Å². The van der Waals surface area contributed by atoms with E-state index in [1.165, 1.54) is 18.2 Å². The van der Waals surface area contributed by atoms with E-state index < -0.39 is 36.3 Å². The molecule has 0 saturated carbocycles. The lowest BCUT2D eigenvalue weighted by Gasteiger charge is -2.36. The molecule has 24 heavy (non-hydrogen) atoms. The molecule has 128 valence electrons. The van der Waals surface area contributed by atoms with E-state index >= 15 is 0 Å². The monoisotopic (exact) mass is 342 g/mol. The van der Waals surface area contributed by atoms with Gasteiger partial charge in [-0.05, 0) is 24.6 Å². The first-order valence-corrected chi connectivity index (χ1v) is 6.93. The van der Waals surface area contributed by atoms with Crippen LogP contribution in [-0.4, -0.2) is 40.3 Å². The van der Waals surface area contributed by atoms with Crippen molar-refractivity contribution < 1.29 is 37.7 Å². The van der Waals surface area contributed by atoms with Crippen LogP contribution >= 0.6 is 0 Å². The van der Waals surface area contributed by atoms with Crippen molar-refractivity contribution in [3.05, 3.63) is 23.8 Å². The van der Waals surface area contributed by atoms with Gasteiger partial charge in [0, 0.05) is 0 Å². The summed E-state index contributed by atoms with van der Waals surface area (Å²) in [5.41, 5.74) is 0.420. The number of nitrogens with one attached hydrogen (secondary N) is 1. The van der Waals surface area contributed by atoms with E-state index in [-0.39, 0.29) is 17.9 Å². The fourth-order valence-electron chi connectivity index (χ4n) is 2.44. The number of carbonyl (C=O) groups is 3. The molecule has 1 aromatic rings. The summed E-state index contributed by atoms with van der Waals surface area (Å²) in [6, 6.07) is 1.25. The fraction of sp³-hybridized carbons (Fsp3) is 0.357. The highest BCUT2D eigenvalue weighted by Crippen LogP contribution is 2.42. The van der Waals surface area contributed by atoms with Gasteiger partial charge in [0.1, 0.15) is 6.04 Å². The van der Waals surface area contributed by atoms with Gasteiger partial charge >= 0.3 is 18.3 Å². The van der Waals surface area contributed by atoms with Crippen molar-refractivity contribution in [1.29, 1.82) is 0 Å². The van der Waals surface area contributed by atoms with Gasteiger partial charge in [-0.3, -0.25) is 4.79 Å². The van der Waals surface area contributed by atoms with Crippen LogP contribution in [-0.2, 0) is 9.59 Å². The van der Waals surface area contributed by atoms with Crippen molar-refractivity contribution in [3.63, 3.8) is 0 Å². The third-order valence-corrected chi connectivity index (χ3v) is 3.72. The second-order valence-electron chi connectivity index (χ2n) is 5.37. The van der Waals surface area contributed by atoms with Gasteiger partial charge in [0.25, 0.3) is 0 Å². The van der Waals surface area contributed by atoms with Crippen LogP contribution in [0.4, 0.5) is 13.6 Å². The average molecular weight is 342 g/mol. The number of halogens is 2. The Morgan fingerprint density at radius 1 is 1.38 bits per heavy atom. The number of urea groups is 1. The standard InChI is InChI=1S/C14H12F2N2O6/c1-6(17-13(22)18-8(12(20)21)5-11(18)19)7-2-3-9-10(4-7)24-14(15,16)23-9/h2-4,6,8H,5H2,1H3,(H,17,22)(H,20,21)/t6-,8+/m1/s1. The van der Waals surface area contributed by atoms with Crippen molar-refractivity contribution in [3.8, 4) is 11.5 Å². The highest BCUT2D eigenvalue weighted by atomic mass is 19.3. The van der Waals surface area contributed by atoms with Crippen LogP contribution in [0.3, 0.4) is 0 Å². The molecule has 8 nitrogen and oxygen atoms in total. The first-order chi connectivity index (χ1) is 11.2. The lowest BCUT2D eigenvalue weighted by Crippen LogP contribution is -2.61. The molecule has 2 heterocycles. The Labute approximate surface area is 133 Å². The molecule has 0 radical (unpaired) electrons. The molecule has 2 aliphatic rings. The van der Waals surface area contributed by atoms with E-state index in [0.717, 1.165) is 0 Å². The van der Waals surface area contributed by atoms with Crippen molar-refractivity contribution in [2.24, 2.45) is 0 Å². The molecule has 2 N–H and O–H groups in total. The number of benzene rings is 1. The Hall–Kier alpha value is -2.91. The molecule has 0 bridgehead atoms. The van der Waals surface area contributed by atoms with Crippen LogP contribution in [0.15, 0.2) is 18.2 Å². The van der Waals surface area contributed by atoms with E-state index in [2.05, 4.69) is 14.8 Å². The van der Waals surface area contributed by atoms with E-state index in [1.54, 1.807) is 6.92 Å². The Balaban J connectivity index is 1.70. The highest BCUT2D eigenvalue weighted by Gasteiger charge is 2.46. The maximum atomic E-state index is 13.0. The molecule has 2 atom stereocenters. The Morgan fingerprint density at radius 2 is 2.04 bits per heavy atom. The second-order valence-corrected chi connectivity index (χ2v) is 5.37. The molecule has 10 heteroatoms. The zero-order chi connectivity index (χ0) is 17.6. The summed E-state index contributed by atoms with van der Waals surface area (Å²) in [4.78, 5) is 35.0. The molecule has 1 fully saturated rings. The smallest absolute Gasteiger partial charge is 0.480 e. The van der Waals surface area contributed by atoms with Crippen molar-refractivity contribution >= 4 is 17.9 Å². The second kappa shape index (κ2) is 5.32. The lowest BCUT2D eigenvalue weighted by atomic mass is 10.0. The molecule has 1 aromatic carbocycles. The average Bonchev–Trinajstić information content (AvgIpc) is 2.76. The van der Waals surface area contributed by atoms with Crippen LogP contribution < -0.4 is 14.8 Å². The zero-order valence-electron chi connectivity index (χ0n) is 12.3. The summed E-state index contributed by atoms with van der Waals surface area (Å²) >= 11 is 0. The molecule has 2 aliphatic heterocycles. The Bertz CT molecular complexity index is 738. The van der Waals surface area contributed by atoms with E-state index in [9.17, 15) is 23.2 Å². The van der Waals surface area contributed by atoms with Gasteiger partial charge in [0.15, 0.2) is 11.5 Å². The number of likely N-dealkylation sites (tertiary alicyclic amines) is 1. The van der Waals surface area contributed by atoms with Gasteiger partial charge in [-0.1, -0.05) is 6.07 Å². The summed E-state index contributed by atoms with van der Waals surface area (Å²) in [5.74, 6) is -2.19. The van der Waals surface area contributed by atoms with Crippen LogP contribution in [0.25, 0.3) is 0 Å². The predicted octanol–water partition coefficient (Wildman–Crippen LogP) is 1.46. The molecular formula is C14H12F2N2O6. The summed E-state index contributed by atoms with van der Waals surface area (Å²) in [5, 5.41) is 11.3. The first-order valence-electron chi connectivity index (χ1n) is 6.93. The Kier molecular flexibility index (Phi) is 3.54. The number of aliphatic carboxylic acids is 1. The first kappa shape index (κ1) is 16.0. The minimum Gasteiger partial charge on any atom is -0.480 e. The maximum absolute atomic E-state index is 13.0. The van der Waals surface area contributed by atoms with E-state index in [0.29, 0.717) is 10.5 Å². The number of hydrogen-bond acceptors (Lipinski definition) is 5. The molecule has 3 rings (SSSR count). The molecular weight excluding hydrogens is 330 g/mol. The number of amides is 3. The van der Waals surface area contributed by atoms with Gasteiger partial charge in [-0.2, -0.15) is 0 Å². The van der Waals surface area contributed by atoms with Crippen LogP contribution in [0.1, 0.15) is 24.9 Å². The molecule has 0 spiro atoms. The molecule has 0 aromatic heterocycles. The van der Waals surface area contributed by atoms with Crippen LogP contribution in [0, 0.1) is 0 Å². The molecule has 0 unspecified atom stereocenters. The molecule has 1 saturated heterocycles. The van der Waals surface area contributed by atoms with Gasteiger partial charge in [-0.25, -0.2) is 14.5 Å². The number of fused-ring (bicyclic) bond motifs is 1. The number of β-lactam (4-membered cyclic amide) rings is 1. The topological polar surface area (TPSA) is 105 Å². The summed E-state index contributed by atoms with van der Waals surface area (Å²) in [6.07, 6.45) is -3.98. The predicted molar refractivity (Wildman–Crippen MR) is 72.5 cm³/mol. The van der Waals surface area contributed by atoms with Gasteiger partial charge < -0.3 is 19.9 Å². The number of carboxylic acid groups (broad SMARTS) is 1. The van der Waals surface area contributed by atoms with Gasteiger partial charge in [0.05, 0.1) is 12.5 Å². The Morgan fingerprint density at radius 3 is 2.67 bits per heavy atom. The quantitative estimate of drug-likeness (QED) is 0.806. The van der Waals surface area contributed by atoms with E-state index in [1.807, 2.05) is 0 Å². The third-order valence-electron chi connectivity index (χ3n) is 3.72. The van der Waals surface area contributed by atoms with Gasteiger partial charge in [-0.15, -0.1) is 8.78 Å². The van der Waals surface area contributed by atoms with Crippen molar-refractivity contribution in [2.75, 3.05) is 0 Å². The van der Waals surface area contributed by atoms with Crippen molar-refractivity contribution in [1.82, 2.24) is 10.2 Å². The third kappa shape index (κ3) is 2.70. The minimum atomic E-state index is -3.74. The number of rotatable bonds is 3. The fourth-order valence-corrected chi connectivity index (χ4v) is 2.44. The lowest BCUT2D eigenvalue weighted by molar-refractivity contribution is -0.286. The number of nitrogens with zero attached hydrogens (tertiary/aromatic N) is 1. The number of ether oxygens (including phenoxy) is 2. The zero-order valence-corrected chi connectivity index (χ0v) is 12.3. The van der Waals surface area contributed by atoms with Crippen molar-refractivity contribution in [2.45, 2.75) is 31.7 Å². The summed E-state index contributed by atoms with van der Waals surface area (Å²) in [6.45, 7) is 1.55. The largest absolute Gasteiger partial charge is 0.586 e. The SMILES string of the molecule is C[C@@H](NC(=O)N1C(=O)C[C@H]1C(=O)O)c1ccc2c(c1)OC(F)(F)O2. The van der Waals surface area contributed by atoms with Gasteiger partial charge in [0.2, 0.25) is 5.91 Å². The summed E-state index contributed by atoms with van der Waals surface area (Å²) in [7, 11) is 0. The van der Waals surface area contributed by atoms with Crippen LogP contribution in [0.5, 0.6) is 11.5 Å². The molecule has 3 amide bonds. The highest BCUT2D eigenvalue weighted by molar-refractivity contribution is 6.05. The number of carbonyl (C=O) groups excluding carboxylic acids is 2. The maximum Gasteiger partial charge on any atom is 0.586 e. The number of imide groups is 1. The summed E-state index contributed by atoms with van der Waals surface area (Å²) < 4.78 is 34.6. The number of carboxylic acids is 1. The number of alkyl halides is 2. The number of hydrogen-bond donors (Lipinski definition) is 2. The minimum absolute atomic E-state index is 0.133.